The maximum atomic E-state index is 11.7. The van der Waals surface area contributed by atoms with Crippen molar-refractivity contribution in [2.75, 3.05) is 7.11 Å². The summed E-state index contributed by atoms with van der Waals surface area (Å²) in [5.74, 6) is 0.543. The van der Waals surface area contributed by atoms with Crippen LogP contribution in [0.2, 0.25) is 0 Å². The Balaban J connectivity index is 1.62. The molecule has 2 atom stereocenters. The fourth-order valence-electron chi connectivity index (χ4n) is 3.00. The Bertz CT molecular complexity index is 683. The monoisotopic (exact) mass is 331 g/mol. The number of methoxy groups -OCH3 is 1. The van der Waals surface area contributed by atoms with E-state index in [4.69, 9.17) is 14.6 Å². The summed E-state index contributed by atoms with van der Waals surface area (Å²) in [7, 11) is 1.43. The van der Waals surface area contributed by atoms with Crippen LogP contribution in [0.5, 0.6) is 5.75 Å². The summed E-state index contributed by atoms with van der Waals surface area (Å²) in [5, 5.41) is 16.8. The topological polar surface area (TPSA) is 86.5 Å². The van der Waals surface area contributed by atoms with E-state index in [0.29, 0.717) is 12.1 Å². The van der Waals surface area contributed by atoms with Crippen LogP contribution in [0.1, 0.15) is 31.4 Å². The standard InChI is InChI=1S/C17H21N3O4/c1-23-17(22)12-3-2-4-16(9-12)24-15-7-5-14(6-8-15)20-10-13(11-21)18-19-20/h5-8,10,12,16,21H,2-4,9,11H2,1H3/t12-,16-/m0/s1. The van der Waals surface area contributed by atoms with Gasteiger partial charge in [0, 0.05) is 0 Å². The quantitative estimate of drug-likeness (QED) is 0.842. The first-order valence-electron chi connectivity index (χ1n) is 8.06. The molecule has 1 aromatic heterocycles. The lowest BCUT2D eigenvalue weighted by Gasteiger charge is -2.28. The van der Waals surface area contributed by atoms with Crippen molar-refractivity contribution in [3.63, 3.8) is 0 Å². The molecule has 1 saturated carbocycles. The van der Waals surface area contributed by atoms with E-state index in [1.165, 1.54) is 7.11 Å². The number of nitrogens with zero attached hydrogens (tertiary/aromatic N) is 3. The molecule has 0 bridgehead atoms. The van der Waals surface area contributed by atoms with Crippen molar-refractivity contribution in [2.24, 2.45) is 5.92 Å². The number of hydrogen-bond acceptors (Lipinski definition) is 6. The number of rotatable bonds is 5. The van der Waals surface area contributed by atoms with Crippen molar-refractivity contribution >= 4 is 5.97 Å². The Morgan fingerprint density at radius 3 is 2.79 bits per heavy atom. The Kier molecular flexibility index (Phi) is 5.10. The van der Waals surface area contributed by atoms with Gasteiger partial charge in [0.05, 0.1) is 37.6 Å². The molecule has 0 spiro atoms. The van der Waals surface area contributed by atoms with E-state index in [2.05, 4.69) is 10.3 Å². The number of ether oxygens (including phenoxy) is 2. The third-order valence-corrected chi connectivity index (χ3v) is 4.27. The lowest BCUT2D eigenvalue weighted by molar-refractivity contribution is -0.147. The number of esters is 1. The van der Waals surface area contributed by atoms with Crippen LogP contribution in [0.15, 0.2) is 30.5 Å². The average molecular weight is 331 g/mol. The number of hydrogen-bond donors (Lipinski definition) is 1. The van der Waals surface area contributed by atoms with Gasteiger partial charge in [-0.3, -0.25) is 4.79 Å². The molecule has 3 rings (SSSR count). The van der Waals surface area contributed by atoms with Crippen LogP contribution in [-0.2, 0) is 16.1 Å². The third kappa shape index (κ3) is 3.73. The molecule has 1 aliphatic carbocycles. The van der Waals surface area contributed by atoms with Crippen LogP contribution in [0.25, 0.3) is 5.69 Å². The summed E-state index contributed by atoms with van der Waals surface area (Å²) in [6.45, 7) is -0.135. The number of carbonyl (C=O) groups is 1. The summed E-state index contributed by atoms with van der Waals surface area (Å²) in [6.07, 6.45) is 5.17. The summed E-state index contributed by atoms with van der Waals surface area (Å²) in [5.41, 5.74) is 1.36. The molecule has 1 heterocycles. The maximum absolute atomic E-state index is 11.7. The molecule has 1 aromatic carbocycles. The van der Waals surface area contributed by atoms with Gasteiger partial charge < -0.3 is 14.6 Å². The van der Waals surface area contributed by atoms with Gasteiger partial charge in [-0.15, -0.1) is 5.10 Å². The van der Waals surface area contributed by atoms with Crippen molar-refractivity contribution < 1.29 is 19.4 Å². The zero-order chi connectivity index (χ0) is 16.9. The summed E-state index contributed by atoms with van der Waals surface area (Å²) >= 11 is 0. The van der Waals surface area contributed by atoms with Gasteiger partial charge in [0.15, 0.2) is 0 Å². The van der Waals surface area contributed by atoms with E-state index in [1.54, 1.807) is 10.9 Å². The lowest BCUT2D eigenvalue weighted by Crippen LogP contribution is -2.30. The van der Waals surface area contributed by atoms with E-state index in [0.717, 1.165) is 30.7 Å². The van der Waals surface area contributed by atoms with Gasteiger partial charge in [-0.25, -0.2) is 4.68 Å². The highest BCUT2D eigenvalue weighted by atomic mass is 16.5. The smallest absolute Gasteiger partial charge is 0.308 e. The molecule has 0 amide bonds. The molecule has 0 saturated heterocycles. The van der Waals surface area contributed by atoms with Crippen LogP contribution in [-0.4, -0.2) is 39.3 Å². The number of aliphatic hydroxyl groups is 1. The van der Waals surface area contributed by atoms with Gasteiger partial charge in [0.25, 0.3) is 0 Å². The van der Waals surface area contributed by atoms with Gasteiger partial charge in [-0.1, -0.05) is 5.21 Å². The van der Waals surface area contributed by atoms with E-state index in [-0.39, 0.29) is 24.6 Å². The third-order valence-electron chi connectivity index (χ3n) is 4.27. The number of aliphatic hydroxyl groups excluding tert-OH is 1. The first-order chi connectivity index (χ1) is 11.7. The second-order valence-electron chi connectivity index (χ2n) is 5.93. The van der Waals surface area contributed by atoms with Crippen LogP contribution in [0.4, 0.5) is 0 Å². The molecule has 0 aliphatic heterocycles. The fraction of sp³-hybridized carbons (Fsp3) is 0.471. The predicted octanol–water partition coefficient (Wildman–Crippen LogP) is 1.87. The number of aromatic nitrogens is 3. The first kappa shape index (κ1) is 16.4. The second kappa shape index (κ2) is 7.44. The highest BCUT2D eigenvalue weighted by Gasteiger charge is 2.29. The lowest BCUT2D eigenvalue weighted by atomic mass is 9.87. The minimum atomic E-state index is -0.149. The molecule has 7 nitrogen and oxygen atoms in total. The first-order valence-corrected chi connectivity index (χ1v) is 8.06. The van der Waals surface area contributed by atoms with Gasteiger partial charge in [-0.05, 0) is 49.9 Å². The molecular weight excluding hydrogens is 310 g/mol. The molecular formula is C17H21N3O4. The molecule has 0 radical (unpaired) electrons. The van der Waals surface area contributed by atoms with E-state index in [1.807, 2.05) is 24.3 Å². The summed E-state index contributed by atoms with van der Waals surface area (Å²) in [4.78, 5) is 11.7. The predicted molar refractivity (Wildman–Crippen MR) is 85.7 cm³/mol. The highest BCUT2D eigenvalue weighted by molar-refractivity contribution is 5.72. The van der Waals surface area contributed by atoms with Crippen molar-refractivity contribution in [2.45, 2.75) is 38.4 Å². The van der Waals surface area contributed by atoms with E-state index >= 15 is 0 Å². The maximum Gasteiger partial charge on any atom is 0.308 e. The zero-order valence-corrected chi connectivity index (χ0v) is 13.6. The molecule has 1 N–H and O–H groups in total. The van der Waals surface area contributed by atoms with Gasteiger partial charge in [0.1, 0.15) is 11.4 Å². The summed E-state index contributed by atoms with van der Waals surface area (Å²) in [6, 6.07) is 7.51. The second-order valence-corrected chi connectivity index (χ2v) is 5.93. The molecule has 7 heteroatoms. The molecule has 1 aliphatic rings. The Morgan fingerprint density at radius 1 is 1.33 bits per heavy atom. The average Bonchev–Trinajstić information content (AvgIpc) is 3.11. The van der Waals surface area contributed by atoms with E-state index in [9.17, 15) is 4.79 Å². The SMILES string of the molecule is COC(=O)[C@H]1CCC[C@H](Oc2ccc(-n3cc(CO)nn3)cc2)C1. The van der Waals surface area contributed by atoms with E-state index < -0.39 is 0 Å². The van der Waals surface area contributed by atoms with Crippen LogP contribution < -0.4 is 4.74 Å². The molecule has 1 fully saturated rings. The number of carbonyl (C=O) groups excluding carboxylic acids is 1. The highest BCUT2D eigenvalue weighted by Crippen LogP contribution is 2.29. The number of benzene rings is 1. The molecule has 24 heavy (non-hydrogen) atoms. The van der Waals surface area contributed by atoms with Crippen molar-refractivity contribution in [1.82, 2.24) is 15.0 Å². The van der Waals surface area contributed by atoms with Crippen molar-refractivity contribution in [1.29, 1.82) is 0 Å². The summed E-state index contributed by atoms with van der Waals surface area (Å²) < 4.78 is 12.4. The molecule has 128 valence electrons. The molecule has 0 unspecified atom stereocenters. The Morgan fingerprint density at radius 2 is 2.12 bits per heavy atom. The van der Waals surface area contributed by atoms with Gasteiger partial charge >= 0.3 is 5.97 Å². The largest absolute Gasteiger partial charge is 0.490 e. The van der Waals surface area contributed by atoms with Crippen molar-refractivity contribution in [3.05, 3.63) is 36.2 Å². The van der Waals surface area contributed by atoms with Crippen LogP contribution in [0, 0.1) is 5.92 Å². The Labute approximate surface area is 140 Å². The normalized spacial score (nSPS) is 20.6. The molecule has 2 aromatic rings. The van der Waals surface area contributed by atoms with Gasteiger partial charge in [-0.2, -0.15) is 0 Å². The van der Waals surface area contributed by atoms with Crippen molar-refractivity contribution in [3.8, 4) is 11.4 Å². The fourth-order valence-corrected chi connectivity index (χ4v) is 3.00. The minimum absolute atomic E-state index is 0.0288. The Hall–Kier alpha value is -2.41. The van der Waals surface area contributed by atoms with Crippen LogP contribution in [0.3, 0.4) is 0 Å². The zero-order valence-electron chi connectivity index (χ0n) is 13.6. The van der Waals surface area contributed by atoms with Crippen LogP contribution >= 0.6 is 0 Å². The minimum Gasteiger partial charge on any atom is -0.490 e. The van der Waals surface area contributed by atoms with Gasteiger partial charge in [0.2, 0.25) is 0 Å².